The molecule has 1 rings (SSSR count). The Labute approximate surface area is 123 Å². The van der Waals surface area contributed by atoms with Gasteiger partial charge in [-0.1, -0.05) is 0 Å². The van der Waals surface area contributed by atoms with Crippen molar-refractivity contribution in [3.05, 3.63) is 12.2 Å². The molecule has 0 fully saturated rings. The minimum Gasteiger partial charge on any atom is -0.481 e. The van der Waals surface area contributed by atoms with Gasteiger partial charge in [0.2, 0.25) is 0 Å². The predicted molar refractivity (Wildman–Crippen MR) is 76.7 cm³/mol. The topological polar surface area (TPSA) is 120 Å². The lowest BCUT2D eigenvalue weighted by molar-refractivity contribution is -0.150. The Morgan fingerprint density at radius 1 is 1.33 bits per heavy atom. The molecular formula is C13H23N5O3. The highest BCUT2D eigenvalue weighted by atomic mass is 16.4. The highest BCUT2D eigenvalue weighted by Gasteiger charge is 2.44. The summed E-state index contributed by atoms with van der Waals surface area (Å²) in [4.78, 5) is 27.1. The van der Waals surface area contributed by atoms with E-state index in [1.807, 2.05) is 0 Å². The number of rotatable bonds is 7. The number of aromatic amines is 1. The van der Waals surface area contributed by atoms with Gasteiger partial charge in [0.15, 0.2) is 0 Å². The predicted octanol–water partition coefficient (Wildman–Crippen LogP) is 0.926. The van der Waals surface area contributed by atoms with Gasteiger partial charge in [-0.3, -0.25) is 9.89 Å². The molecule has 8 heteroatoms. The molecule has 0 saturated heterocycles. The Morgan fingerprint density at radius 3 is 2.52 bits per heavy atom. The smallest absolute Gasteiger partial charge is 0.315 e. The van der Waals surface area contributed by atoms with E-state index in [1.165, 1.54) is 6.33 Å². The molecule has 8 nitrogen and oxygen atoms in total. The summed E-state index contributed by atoms with van der Waals surface area (Å²) in [6, 6.07) is -0.383. The lowest BCUT2D eigenvalue weighted by Crippen LogP contribution is -2.59. The molecule has 0 radical (unpaired) electrons. The zero-order valence-corrected chi connectivity index (χ0v) is 12.9. The van der Waals surface area contributed by atoms with Crippen LogP contribution in [-0.4, -0.2) is 44.4 Å². The first-order valence-electron chi connectivity index (χ1n) is 6.80. The summed E-state index contributed by atoms with van der Waals surface area (Å²) in [7, 11) is 0. The summed E-state index contributed by atoms with van der Waals surface area (Å²) in [5.41, 5.74) is -1.96. The molecule has 0 aromatic carbocycles. The maximum atomic E-state index is 11.8. The van der Waals surface area contributed by atoms with Gasteiger partial charge in [0.25, 0.3) is 0 Å². The Kier molecular flexibility index (Phi) is 5.28. The minimum atomic E-state index is -1.08. The highest BCUT2D eigenvalue weighted by Crippen LogP contribution is 2.30. The van der Waals surface area contributed by atoms with E-state index in [-0.39, 0.29) is 6.03 Å². The number of carbonyl (C=O) groups excluding carboxylic acids is 1. The summed E-state index contributed by atoms with van der Waals surface area (Å²) < 4.78 is 0. The van der Waals surface area contributed by atoms with E-state index < -0.39 is 16.9 Å². The molecule has 1 aromatic rings. The summed E-state index contributed by atoms with van der Waals surface area (Å²) in [6.45, 7) is 7.01. The zero-order chi connectivity index (χ0) is 16.1. The van der Waals surface area contributed by atoms with Crippen LogP contribution in [-0.2, 0) is 11.2 Å². The van der Waals surface area contributed by atoms with Gasteiger partial charge in [-0.25, -0.2) is 9.78 Å². The largest absolute Gasteiger partial charge is 0.481 e. The second-order valence-electron chi connectivity index (χ2n) is 5.97. The number of aromatic nitrogens is 3. The van der Waals surface area contributed by atoms with Crippen LogP contribution in [0.3, 0.4) is 0 Å². The standard InChI is InChI=1S/C13H23N5O3/c1-12(2,10(19)20)13(3,4)17-11(21)14-7-5-6-9-15-8-16-18-9/h8H,5-7H2,1-4H3,(H,19,20)(H2,14,17,21)(H,15,16,18). The van der Waals surface area contributed by atoms with Crippen molar-refractivity contribution >= 4 is 12.0 Å². The van der Waals surface area contributed by atoms with Crippen LogP contribution in [0.15, 0.2) is 6.33 Å². The van der Waals surface area contributed by atoms with Gasteiger partial charge in [0.1, 0.15) is 12.2 Å². The van der Waals surface area contributed by atoms with Gasteiger partial charge < -0.3 is 15.7 Å². The number of hydrogen-bond donors (Lipinski definition) is 4. The molecule has 0 spiro atoms. The molecule has 0 aliphatic rings. The van der Waals surface area contributed by atoms with Crippen LogP contribution < -0.4 is 10.6 Å². The molecule has 1 heterocycles. The number of amides is 2. The monoisotopic (exact) mass is 297 g/mol. The van der Waals surface area contributed by atoms with E-state index >= 15 is 0 Å². The average molecular weight is 297 g/mol. The van der Waals surface area contributed by atoms with Gasteiger partial charge in [-0.2, -0.15) is 5.10 Å². The molecular weight excluding hydrogens is 274 g/mol. The first kappa shape index (κ1) is 16.9. The molecule has 4 N–H and O–H groups in total. The Bertz CT molecular complexity index is 482. The minimum absolute atomic E-state index is 0.383. The van der Waals surface area contributed by atoms with Gasteiger partial charge in [0, 0.05) is 13.0 Å². The molecule has 0 atom stereocenters. The number of hydrogen-bond acceptors (Lipinski definition) is 4. The van der Waals surface area contributed by atoms with E-state index in [9.17, 15) is 14.7 Å². The third kappa shape index (κ3) is 4.44. The molecule has 118 valence electrons. The van der Waals surface area contributed by atoms with E-state index in [4.69, 9.17) is 0 Å². The van der Waals surface area contributed by atoms with Gasteiger partial charge in [-0.05, 0) is 34.1 Å². The number of H-pyrrole nitrogens is 1. The fourth-order valence-electron chi connectivity index (χ4n) is 1.56. The second-order valence-corrected chi connectivity index (χ2v) is 5.97. The van der Waals surface area contributed by atoms with E-state index in [1.54, 1.807) is 27.7 Å². The number of aryl methyl sites for hydroxylation is 1. The van der Waals surface area contributed by atoms with Crippen LogP contribution in [0.25, 0.3) is 0 Å². The summed E-state index contributed by atoms with van der Waals surface area (Å²) in [5.74, 6) is -0.192. The molecule has 0 saturated carbocycles. The van der Waals surface area contributed by atoms with Crippen LogP contribution >= 0.6 is 0 Å². The van der Waals surface area contributed by atoms with Crippen LogP contribution in [0.2, 0.25) is 0 Å². The number of urea groups is 1. The lowest BCUT2D eigenvalue weighted by atomic mass is 9.74. The Morgan fingerprint density at radius 2 is 2.00 bits per heavy atom. The van der Waals surface area contributed by atoms with E-state index in [2.05, 4.69) is 25.8 Å². The maximum absolute atomic E-state index is 11.8. The number of carboxylic acid groups (broad SMARTS) is 1. The van der Waals surface area contributed by atoms with Crippen LogP contribution in [0.5, 0.6) is 0 Å². The zero-order valence-electron chi connectivity index (χ0n) is 12.9. The normalized spacial score (nSPS) is 12.0. The van der Waals surface area contributed by atoms with E-state index in [0.717, 1.165) is 5.82 Å². The van der Waals surface area contributed by atoms with Crippen LogP contribution in [0.4, 0.5) is 4.79 Å². The van der Waals surface area contributed by atoms with Crippen molar-refractivity contribution in [2.45, 2.75) is 46.1 Å². The number of nitrogens with one attached hydrogen (secondary N) is 3. The van der Waals surface area contributed by atoms with Crippen molar-refractivity contribution in [2.24, 2.45) is 5.41 Å². The number of nitrogens with zero attached hydrogens (tertiary/aromatic N) is 2. The molecule has 1 aromatic heterocycles. The Balaban J connectivity index is 2.37. The first-order valence-corrected chi connectivity index (χ1v) is 6.80. The van der Waals surface area contributed by atoms with Crippen LogP contribution in [0.1, 0.15) is 39.9 Å². The van der Waals surface area contributed by atoms with Gasteiger partial charge in [0.05, 0.1) is 11.0 Å². The molecule has 2 amide bonds. The SMILES string of the molecule is CC(C)(NC(=O)NCCCc1ncn[nH]1)C(C)(C)C(=O)O. The molecule has 0 bridgehead atoms. The lowest BCUT2D eigenvalue weighted by Gasteiger charge is -2.38. The van der Waals surface area contributed by atoms with E-state index in [0.29, 0.717) is 19.4 Å². The van der Waals surface area contributed by atoms with Crippen molar-refractivity contribution in [3.8, 4) is 0 Å². The third-order valence-corrected chi connectivity index (χ3v) is 3.86. The third-order valence-electron chi connectivity index (χ3n) is 3.86. The fourth-order valence-corrected chi connectivity index (χ4v) is 1.56. The fraction of sp³-hybridized carbons (Fsp3) is 0.692. The van der Waals surface area contributed by atoms with Gasteiger partial charge in [-0.15, -0.1) is 0 Å². The number of carbonyl (C=O) groups is 2. The number of carboxylic acids is 1. The van der Waals surface area contributed by atoms with Crippen molar-refractivity contribution in [1.29, 1.82) is 0 Å². The molecule has 0 unspecified atom stereocenters. The summed E-state index contributed by atoms with van der Waals surface area (Å²) in [6.07, 6.45) is 2.83. The van der Waals surface area contributed by atoms with Crippen molar-refractivity contribution in [1.82, 2.24) is 25.8 Å². The van der Waals surface area contributed by atoms with Gasteiger partial charge >= 0.3 is 12.0 Å². The molecule has 21 heavy (non-hydrogen) atoms. The van der Waals surface area contributed by atoms with Crippen LogP contribution in [0, 0.1) is 5.41 Å². The average Bonchev–Trinajstić information content (AvgIpc) is 2.86. The first-order chi connectivity index (χ1) is 9.67. The highest BCUT2D eigenvalue weighted by molar-refractivity contribution is 5.79. The Hall–Kier alpha value is -2.12. The maximum Gasteiger partial charge on any atom is 0.315 e. The quantitative estimate of drug-likeness (QED) is 0.558. The van der Waals surface area contributed by atoms with Crippen molar-refractivity contribution < 1.29 is 14.7 Å². The van der Waals surface area contributed by atoms with Crippen molar-refractivity contribution in [2.75, 3.05) is 6.54 Å². The number of aliphatic carboxylic acids is 1. The second kappa shape index (κ2) is 6.55. The molecule has 0 aliphatic heterocycles. The molecule has 0 aliphatic carbocycles. The summed E-state index contributed by atoms with van der Waals surface area (Å²) >= 11 is 0. The summed E-state index contributed by atoms with van der Waals surface area (Å²) in [5, 5.41) is 21.1. The van der Waals surface area contributed by atoms with Crippen molar-refractivity contribution in [3.63, 3.8) is 0 Å².